The second kappa shape index (κ2) is 6.68. The monoisotopic (exact) mass is 235 g/mol. The average molecular weight is 235 g/mol. The molecule has 0 aliphatic carbocycles. The predicted octanol–water partition coefficient (Wildman–Crippen LogP) is 2.38. The lowest BCUT2D eigenvalue weighted by molar-refractivity contribution is -0.134. The summed E-state index contributed by atoms with van der Waals surface area (Å²) in [4.78, 5) is 22.8. The maximum absolute atomic E-state index is 11.4. The minimum Gasteiger partial charge on any atom is -0.465 e. The van der Waals surface area contributed by atoms with E-state index in [1.54, 1.807) is 24.3 Å². The molecule has 1 rings (SSSR count). The van der Waals surface area contributed by atoms with Gasteiger partial charge in [0.15, 0.2) is 0 Å². The number of rotatable bonds is 5. The van der Waals surface area contributed by atoms with Gasteiger partial charge in [-0.2, -0.15) is 0 Å². The quantitative estimate of drug-likeness (QED) is 0.580. The number of methoxy groups -OCH3 is 1. The molecule has 0 unspecified atom stereocenters. The van der Waals surface area contributed by atoms with Gasteiger partial charge in [-0.15, -0.1) is 0 Å². The predicted molar refractivity (Wildman–Crippen MR) is 62.6 cm³/mol. The van der Waals surface area contributed by atoms with E-state index in [0.717, 1.165) is 0 Å². The van der Waals surface area contributed by atoms with Crippen LogP contribution in [0.4, 0.5) is 0 Å². The first-order valence-electron chi connectivity index (χ1n) is 5.36. The Morgan fingerprint density at radius 2 is 2.00 bits per heavy atom. The van der Waals surface area contributed by atoms with Crippen LogP contribution < -0.4 is 4.74 Å². The number of hydrogen-bond donors (Lipinski definition) is 0. The van der Waals surface area contributed by atoms with Crippen molar-refractivity contribution >= 4 is 11.9 Å². The van der Waals surface area contributed by atoms with Gasteiger partial charge in [0.05, 0.1) is 7.11 Å². The number of carbonyl (C=O) groups excluding carboxylic acids is 2. The molecule has 1 aromatic carbocycles. The van der Waals surface area contributed by atoms with Crippen LogP contribution in [0.5, 0.6) is 5.75 Å². The Morgan fingerprint density at radius 3 is 2.65 bits per heavy atom. The molecule has 4 nitrogen and oxygen atoms in total. The minimum atomic E-state index is -0.523. The molecule has 0 aromatic heterocycles. The first-order valence-corrected chi connectivity index (χ1v) is 5.36. The van der Waals surface area contributed by atoms with E-state index in [1.807, 2.05) is 0 Å². The van der Waals surface area contributed by atoms with Crippen LogP contribution in [0.3, 0.4) is 0 Å². The summed E-state index contributed by atoms with van der Waals surface area (Å²) in [5.74, 6) is -0.663. The molecule has 1 radical (unpaired) electrons. The van der Waals surface area contributed by atoms with Crippen LogP contribution in [0, 0.1) is 6.92 Å². The van der Waals surface area contributed by atoms with E-state index < -0.39 is 5.97 Å². The average Bonchev–Trinajstić information content (AvgIpc) is 2.36. The van der Waals surface area contributed by atoms with Crippen LogP contribution in [0.25, 0.3) is 0 Å². The fraction of sp³-hybridized carbons (Fsp3) is 0.308. The lowest BCUT2D eigenvalue weighted by atomic mass is 10.2. The largest absolute Gasteiger partial charge is 0.465 e. The van der Waals surface area contributed by atoms with E-state index in [2.05, 4.69) is 11.7 Å². The summed E-state index contributed by atoms with van der Waals surface area (Å²) in [7, 11) is 1.28. The van der Waals surface area contributed by atoms with Gasteiger partial charge >= 0.3 is 11.9 Å². The topological polar surface area (TPSA) is 52.6 Å². The molecule has 4 heteroatoms. The van der Waals surface area contributed by atoms with Crippen molar-refractivity contribution in [3.05, 3.63) is 36.8 Å². The van der Waals surface area contributed by atoms with Crippen LogP contribution in [0.2, 0.25) is 0 Å². The number of carbonyl (C=O) groups is 2. The highest BCUT2D eigenvalue weighted by Gasteiger charge is 2.14. The molecule has 0 N–H and O–H groups in total. The molecular weight excluding hydrogens is 220 g/mol. The van der Waals surface area contributed by atoms with Crippen LogP contribution in [0.1, 0.15) is 29.6 Å². The molecule has 1 aromatic rings. The Morgan fingerprint density at radius 1 is 1.29 bits per heavy atom. The maximum Gasteiger partial charge on any atom is 0.341 e. The molecular formula is C13H15O4. The van der Waals surface area contributed by atoms with E-state index in [0.29, 0.717) is 19.3 Å². The molecule has 0 saturated carbocycles. The summed E-state index contributed by atoms with van der Waals surface area (Å²) in [6.07, 6.45) is 1.63. The summed E-state index contributed by atoms with van der Waals surface area (Å²) in [5, 5.41) is 0. The summed E-state index contributed by atoms with van der Waals surface area (Å²) < 4.78 is 9.70. The van der Waals surface area contributed by atoms with Crippen LogP contribution >= 0.6 is 0 Å². The van der Waals surface area contributed by atoms with Crippen LogP contribution in [0.15, 0.2) is 24.3 Å². The van der Waals surface area contributed by atoms with Crippen molar-refractivity contribution < 1.29 is 19.1 Å². The highest BCUT2D eigenvalue weighted by molar-refractivity contribution is 5.93. The highest BCUT2D eigenvalue weighted by Crippen LogP contribution is 2.19. The Labute approximate surface area is 101 Å². The summed E-state index contributed by atoms with van der Waals surface area (Å²) in [6, 6.07) is 6.49. The minimum absolute atomic E-state index is 0.230. The van der Waals surface area contributed by atoms with E-state index >= 15 is 0 Å². The normalized spacial score (nSPS) is 9.76. The Hall–Kier alpha value is -1.84. The van der Waals surface area contributed by atoms with Gasteiger partial charge in [0.25, 0.3) is 0 Å². The smallest absolute Gasteiger partial charge is 0.341 e. The third-order valence-electron chi connectivity index (χ3n) is 2.15. The van der Waals surface area contributed by atoms with E-state index in [4.69, 9.17) is 4.74 Å². The number of benzene rings is 1. The Balaban J connectivity index is 2.76. The first-order chi connectivity index (χ1) is 8.19. The van der Waals surface area contributed by atoms with Crippen LogP contribution in [-0.4, -0.2) is 19.0 Å². The molecule has 0 fully saturated rings. The maximum atomic E-state index is 11.4. The fourth-order valence-electron chi connectivity index (χ4n) is 1.28. The van der Waals surface area contributed by atoms with Crippen molar-refractivity contribution in [1.82, 2.24) is 0 Å². The van der Waals surface area contributed by atoms with Gasteiger partial charge in [0, 0.05) is 6.42 Å². The number of ether oxygens (including phenoxy) is 2. The number of hydrogen-bond acceptors (Lipinski definition) is 4. The third-order valence-corrected chi connectivity index (χ3v) is 2.15. The summed E-state index contributed by atoms with van der Waals surface area (Å²) in [6.45, 7) is 3.64. The van der Waals surface area contributed by atoms with E-state index in [9.17, 15) is 9.59 Å². The molecule has 0 spiro atoms. The molecule has 0 heterocycles. The van der Waals surface area contributed by atoms with Gasteiger partial charge < -0.3 is 9.47 Å². The molecule has 0 aliphatic heterocycles. The lowest BCUT2D eigenvalue weighted by Gasteiger charge is -2.07. The van der Waals surface area contributed by atoms with Crippen molar-refractivity contribution in [2.75, 3.05) is 7.11 Å². The van der Waals surface area contributed by atoms with Gasteiger partial charge in [0.2, 0.25) is 0 Å². The zero-order valence-electron chi connectivity index (χ0n) is 9.77. The molecule has 0 atom stereocenters. The van der Waals surface area contributed by atoms with E-state index in [-0.39, 0.29) is 17.3 Å². The number of unbranched alkanes of at least 4 members (excludes halogenated alkanes) is 1. The van der Waals surface area contributed by atoms with Crippen LogP contribution in [-0.2, 0) is 9.53 Å². The zero-order valence-corrected chi connectivity index (χ0v) is 9.77. The summed E-state index contributed by atoms with van der Waals surface area (Å²) >= 11 is 0. The van der Waals surface area contributed by atoms with Gasteiger partial charge in [-0.3, -0.25) is 4.79 Å². The van der Waals surface area contributed by atoms with Crippen molar-refractivity contribution in [2.45, 2.75) is 19.3 Å². The van der Waals surface area contributed by atoms with Crippen molar-refractivity contribution in [3.8, 4) is 5.75 Å². The van der Waals surface area contributed by atoms with Crippen molar-refractivity contribution in [2.24, 2.45) is 0 Å². The standard InChI is InChI=1S/C13H15O4/c1-3-4-9-12(14)17-11-8-6-5-7-10(11)13(15)16-2/h5-8H,1,3-4,9H2,2H3. The van der Waals surface area contributed by atoms with Crippen molar-refractivity contribution in [3.63, 3.8) is 0 Å². The fourth-order valence-corrected chi connectivity index (χ4v) is 1.28. The molecule has 0 aliphatic rings. The van der Waals surface area contributed by atoms with Gasteiger partial charge in [-0.1, -0.05) is 25.5 Å². The third kappa shape index (κ3) is 3.90. The number of para-hydroxylation sites is 1. The molecule has 0 amide bonds. The van der Waals surface area contributed by atoms with Crippen molar-refractivity contribution in [1.29, 1.82) is 0 Å². The first kappa shape index (κ1) is 13.2. The Bertz CT molecular complexity index is 398. The van der Waals surface area contributed by atoms with E-state index in [1.165, 1.54) is 7.11 Å². The van der Waals surface area contributed by atoms with Gasteiger partial charge in [-0.05, 0) is 18.6 Å². The highest BCUT2D eigenvalue weighted by atomic mass is 16.5. The van der Waals surface area contributed by atoms with Gasteiger partial charge in [-0.25, -0.2) is 4.79 Å². The second-order valence-electron chi connectivity index (χ2n) is 3.42. The molecule has 17 heavy (non-hydrogen) atoms. The lowest BCUT2D eigenvalue weighted by Crippen LogP contribution is -2.11. The molecule has 91 valence electrons. The Kier molecular flexibility index (Phi) is 5.20. The molecule has 0 saturated heterocycles. The zero-order chi connectivity index (χ0) is 12.7. The SMILES string of the molecule is [CH2]CCCC(=O)Oc1ccccc1C(=O)OC. The summed E-state index contributed by atoms with van der Waals surface area (Å²) in [5.41, 5.74) is 0.248. The van der Waals surface area contributed by atoms with Gasteiger partial charge in [0.1, 0.15) is 11.3 Å². The second-order valence-corrected chi connectivity index (χ2v) is 3.42. The molecule has 0 bridgehead atoms. The number of esters is 2.